The average Bonchev–Trinajstić information content (AvgIpc) is 3.41. The number of benzene rings is 2. The quantitative estimate of drug-likeness (QED) is 0.481. The average molecular weight is 490 g/mol. The molecule has 1 N–H and O–H groups in total. The van der Waals surface area contributed by atoms with E-state index in [9.17, 15) is 14.3 Å². The first kappa shape index (κ1) is 23.7. The van der Waals surface area contributed by atoms with Gasteiger partial charge in [-0.15, -0.1) is 0 Å². The third-order valence-corrected chi connectivity index (χ3v) is 8.86. The molecule has 2 fully saturated rings. The summed E-state index contributed by atoms with van der Waals surface area (Å²) < 4.78 is 17.0. The van der Waals surface area contributed by atoms with Crippen molar-refractivity contribution in [3.8, 4) is 11.3 Å². The van der Waals surface area contributed by atoms with Gasteiger partial charge in [0, 0.05) is 48.7 Å². The summed E-state index contributed by atoms with van der Waals surface area (Å²) in [6.07, 6.45) is 8.47. The lowest BCUT2D eigenvalue weighted by molar-refractivity contribution is 0.0697. The Labute approximate surface area is 212 Å². The van der Waals surface area contributed by atoms with E-state index in [1.165, 1.54) is 48.7 Å². The van der Waals surface area contributed by atoms with Crippen molar-refractivity contribution in [2.75, 3.05) is 26.7 Å². The highest BCUT2D eigenvalue weighted by molar-refractivity contribution is 5.98. The van der Waals surface area contributed by atoms with Crippen LogP contribution in [0.15, 0.2) is 36.4 Å². The fourth-order valence-corrected chi connectivity index (χ4v) is 6.99. The van der Waals surface area contributed by atoms with Crippen LogP contribution in [0.3, 0.4) is 0 Å². The summed E-state index contributed by atoms with van der Waals surface area (Å²) in [6.45, 7) is 4.51. The fourth-order valence-electron chi connectivity index (χ4n) is 6.99. The van der Waals surface area contributed by atoms with Crippen LogP contribution in [0, 0.1) is 5.82 Å². The SMILES string of the molecule is CN1CCC[C@@H]1CN1CCn2c(c(C3CCCCC3)c3ccc(C(=O)O)cc32)-c2ccc(F)cc2C1. The number of carboxylic acid groups (broad SMARTS) is 1. The van der Waals surface area contributed by atoms with Gasteiger partial charge in [0.1, 0.15) is 5.82 Å². The molecule has 0 amide bonds. The maximum absolute atomic E-state index is 14.6. The maximum Gasteiger partial charge on any atom is 0.335 e. The second-order valence-electron chi connectivity index (χ2n) is 11.1. The number of hydrogen-bond donors (Lipinski definition) is 1. The minimum Gasteiger partial charge on any atom is -0.478 e. The highest BCUT2D eigenvalue weighted by Gasteiger charge is 2.31. The number of rotatable bonds is 4. The molecule has 0 unspecified atom stereocenters. The van der Waals surface area contributed by atoms with Gasteiger partial charge in [-0.05, 0) is 86.7 Å². The van der Waals surface area contributed by atoms with Crippen LogP contribution in [0.4, 0.5) is 4.39 Å². The Morgan fingerprint density at radius 3 is 2.58 bits per heavy atom. The van der Waals surface area contributed by atoms with Crippen molar-refractivity contribution >= 4 is 16.9 Å². The number of likely N-dealkylation sites (N-methyl/N-ethyl adjacent to an activating group) is 1. The highest BCUT2D eigenvalue weighted by Crippen LogP contribution is 2.45. The van der Waals surface area contributed by atoms with Crippen molar-refractivity contribution in [2.45, 2.75) is 70.0 Å². The summed E-state index contributed by atoms with van der Waals surface area (Å²) >= 11 is 0. The van der Waals surface area contributed by atoms with Gasteiger partial charge in [-0.3, -0.25) is 4.90 Å². The molecule has 190 valence electrons. The van der Waals surface area contributed by atoms with Crippen molar-refractivity contribution in [1.82, 2.24) is 14.4 Å². The predicted octanol–water partition coefficient (Wildman–Crippen LogP) is 6.10. The molecule has 3 aliphatic rings. The van der Waals surface area contributed by atoms with Gasteiger partial charge in [0.05, 0.1) is 11.3 Å². The highest BCUT2D eigenvalue weighted by atomic mass is 19.1. The van der Waals surface area contributed by atoms with Gasteiger partial charge in [-0.25, -0.2) is 9.18 Å². The summed E-state index contributed by atoms with van der Waals surface area (Å²) in [7, 11) is 2.21. The Morgan fingerprint density at radius 2 is 1.83 bits per heavy atom. The fraction of sp³-hybridized carbons (Fsp3) is 0.500. The topological polar surface area (TPSA) is 48.7 Å². The third-order valence-electron chi connectivity index (χ3n) is 8.86. The van der Waals surface area contributed by atoms with Crippen LogP contribution in [0.2, 0.25) is 0 Å². The molecule has 3 heterocycles. The van der Waals surface area contributed by atoms with E-state index in [0.717, 1.165) is 62.2 Å². The van der Waals surface area contributed by atoms with Gasteiger partial charge in [-0.2, -0.15) is 0 Å². The van der Waals surface area contributed by atoms with E-state index in [4.69, 9.17) is 0 Å². The zero-order valence-corrected chi connectivity index (χ0v) is 21.2. The van der Waals surface area contributed by atoms with E-state index in [0.29, 0.717) is 17.5 Å². The van der Waals surface area contributed by atoms with Gasteiger partial charge in [0.2, 0.25) is 0 Å². The van der Waals surface area contributed by atoms with Crippen molar-refractivity contribution in [3.63, 3.8) is 0 Å². The van der Waals surface area contributed by atoms with E-state index in [1.807, 2.05) is 18.2 Å². The zero-order valence-electron chi connectivity index (χ0n) is 21.2. The molecule has 3 aromatic rings. The molecule has 2 aromatic carbocycles. The lowest BCUT2D eigenvalue weighted by atomic mass is 9.81. The first-order valence-corrected chi connectivity index (χ1v) is 13.6. The van der Waals surface area contributed by atoms with Crippen LogP contribution >= 0.6 is 0 Å². The number of carbonyl (C=O) groups is 1. The number of fused-ring (bicyclic) bond motifs is 5. The van der Waals surface area contributed by atoms with Crippen molar-refractivity contribution in [2.24, 2.45) is 0 Å². The molecular weight excluding hydrogens is 453 g/mol. The van der Waals surface area contributed by atoms with Crippen LogP contribution in [-0.2, 0) is 13.1 Å². The second kappa shape index (κ2) is 9.64. The maximum atomic E-state index is 14.6. The van der Waals surface area contributed by atoms with E-state index >= 15 is 0 Å². The van der Waals surface area contributed by atoms with Crippen LogP contribution in [0.1, 0.15) is 72.3 Å². The molecule has 0 spiro atoms. The number of likely N-dealkylation sites (tertiary alicyclic amines) is 1. The number of nitrogens with zero attached hydrogens (tertiary/aromatic N) is 3. The Hall–Kier alpha value is -2.70. The summed E-state index contributed by atoms with van der Waals surface area (Å²) in [5.74, 6) is -0.637. The first-order chi connectivity index (χ1) is 17.5. The van der Waals surface area contributed by atoms with Crippen molar-refractivity contribution in [1.29, 1.82) is 0 Å². The summed E-state index contributed by atoms with van der Waals surface area (Å²) in [4.78, 5) is 16.8. The minimum absolute atomic E-state index is 0.192. The summed E-state index contributed by atoms with van der Waals surface area (Å²) in [5, 5.41) is 10.9. The van der Waals surface area contributed by atoms with Crippen LogP contribution in [0.5, 0.6) is 0 Å². The molecule has 0 radical (unpaired) electrons. The van der Waals surface area contributed by atoms with Crippen LogP contribution in [0.25, 0.3) is 22.2 Å². The molecule has 1 saturated heterocycles. The predicted molar refractivity (Wildman–Crippen MR) is 141 cm³/mol. The van der Waals surface area contributed by atoms with Gasteiger partial charge < -0.3 is 14.6 Å². The number of carboxylic acids is 1. The van der Waals surface area contributed by atoms with Crippen LogP contribution in [-0.4, -0.2) is 58.2 Å². The summed E-state index contributed by atoms with van der Waals surface area (Å²) in [6, 6.07) is 11.4. The number of hydrogen-bond acceptors (Lipinski definition) is 3. The van der Waals surface area contributed by atoms with E-state index in [2.05, 4.69) is 21.4 Å². The molecule has 1 aromatic heterocycles. The molecule has 36 heavy (non-hydrogen) atoms. The van der Waals surface area contributed by atoms with Crippen molar-refractivity contribution in [3.05, 3.63) is 58.9 Å². The number of aromatic nitrogens is 1. The Balaban J connectivity index is 1.53. The Bertz CT molecular complexity index is 1290. The first-order valence-electron chi connectivity index (χ1n) is 13.6. The number of halogens is 1. The standard InChI is InChI=1S/C30H36FN3O2/c1-32-13-5-8-24(32)19-33-14-15-34-27-17-21(30(35)36)9-11-26(27)28(20-6-3-2-4-7-20)29(34)25-12-10-23(31)16-22(25)18-33/h9-12,16-17,20,24H,2-8,13-15,18-19H2,1H3,(H,35,36)/t24-/m1/s1. The van der Waals surface area contributed by atoms with Crippen molar-refractivity contribution < 1.29 is 14.3 Å². The molecule has 5 nitrogen and oxygen atoms in total. The Kier molecular flexibility index (Phi) is 6.34. The lowest BCUT2D eigenvalue weighted by Gasteiger charge is -2.32. The monoisotopic (exact) mass is 489 g/mol. The molecule has 2 aliphatic heterocycles. The smallest absolute Gasteiger partial charge is 0.335 e. The zero-order chi connectivity index (χ0) is 24.8. The molecule has 1 atom stereocenters. The second-order valence-corrected chi connectivity index (χ2v) is 11.1. The molecule has 6 rings (SSSR count). The molecule has 1 saturated carbocycles. The van der Waals surface area contributed by atoms with E-state index < -0.39 is 5.97 Å². The molecule has 1 aliphatic carbocycles. The lowest BCUT2D eigenvalue weighted by Crippen LogP contribution is -2.40. The summed E-state index contributed by atoms with van der Waals surface area (Å²) in [5.41, 5.74) is 6.00. The van der Waals surface area contributed by atoms with Gasteiger partial charge >= 0.3 is 5.97 Å². The van der Waals surface area contributed by atoms with E-state index in [-0.39, 0.29) is 5.82 Å². The third kappa shape index (κ3) is 4.24. The van der Waals surface area contributed by atoms with Gasteiger partial charge in [0.25, 0.3) is 0 Å². The normalized spacial score (nSPS) is 21.8. The molecular formula is C30H36FN3O2. The molecule has 0 bridgehead atoms. The minimum atomic E-state index is -0.897. The van der Waals surface area contributed by atoms with Gasteiger partial charge in [0.15, 0.2) is 0 Å². The van der Waals surface area contributed by atoms with Gasteiger partial charge in [-0.1, -0.05) is 25.3 Å². The van der Waals surface area contributed by atoms with E-state index in [1.54, 1.807) is 18.2 Å². The largest absolute Gasteiger partial charge is 0.478 e. The van der Waals surface area contributed by atoms with Crippen LogP contribution < -0.4 is 0 Å². The Morgan fingerprint density at radius 1 is 1.00 bits per heavy atom. The molecule has 6 heteroatoms. The number of aromatic carboxylic acids is 1.